The van der Waals surface area contributed by atoms with Crippen LogP contribution in [0.3, 0.4) is 0 Å². The van der Waals surface area contributed by atoms with Crippen molar-refractivity contribution in [2.45, 2.75) is 0 Å². The molecule has 0 radical (unpaired) electrons. The third-order valence-electron chi connectivity index (χ3n) is 1.68. The Morgan fingerprint density at radius 2 is 1.92 bits per heavy atom. The van der Waals surface area contributed by atoms with E-state index < -0.39 is 0 Å². The molecule has 13 heavy (non-hydrogen) atoms. The summed E-state index contributed by atoms with van der Waals surface area (Å²) in [5.74, 6) is 0.182. The molecule has 0 saturated carbocycles. The van der Waals surface area contributed by atoms with Gasteiger partial charge in [-0.3, -0.25) is 0 Å². The third-order valence-corrected chi connectivity index (χ3v) is 1.68. The van der Waals surface area contributed by atoms with Crippen LogP contribution in [-0.4, -0.2) is 5.91 Å². The van der Waals surface area contributed by atoms with Crippen LogP contribution >= 0.6 is 0 Å². The number of pyridine rings is 1. The second-order valence-corrected chi connectivity index (χ2v) is 2.57. The van der Waals surface area contributed by atoms with Gasteiger partial charge in [0.05, 0.1) is 6.26 Å². The van der Waals surface area contributed by atoms with Gasteiger partial charge in [0.1, 0.15) is 0 Å². The normalized spacial score (nSPS) is 9.85. The lowest BCUT2D eigenvalue weighted by Crippen LogP contribution is -2.41. The molecule has 0 aliphatic heterocycles. The van der Waals surface area contributed by atoms with Gasteiger partial charge < -0.3 is 4.42 Å². The molecule has 0 amide bonds. The topological polar surface area (TPSA) is 34.1 Å². The molecule has 0 N–H and O–H groups in total. The van der Waals surface area contributed by atoms with Crippen LogP contribution in [0.2, 0.25) is 0 Å². The Kier molecular flexibility index (Phi) is 1.92. The molecule has 0 aliphatic carbocycles. The minimum Gasteiger partial charge on any atom is -0.455 e. The summed E-state index contributed by atoms with van der Waals surface area (Å²) in [6, 6.07) is 8.77. The summed E-state index contributed by atoms with van der Waals surface area (Å²) in [5.41, 5.74) is 0. The van der Waals surface area contributed by atoms with E-state index in [9.17, 15) is 4.79 Å². The van der Waals surface area contributed by atoms with Gasteiger partial charge in [0.25, 0.3) is 0 Å². The molecule has 0 saturated heterocycles. The smallest absolute Gasteiger partial charge is 0.455 e. The minimum absolute atomic E-state index is 0.161. The van der Waals surface area contributed by atoms with Crippen molar-refractivity contribution in [1.82, 2.24) is 0 Å². The van der Waals surface area contributed by atoms with E-state index in [4.69, 9.17) is 4.42 Å². The second kappa shape index (κ2) is 3.23. The Morgan fingerprint density at radius 3 is 2.54 bits per heavy atom. The van der Waals surface area contributed by atoms with E-state index in [1.165, 1.54) is 10.8 Å². The fourth-order valence-corrected chi connectivity index (χ4v) is 1.06. The SMILES string of the molecule is O=C(c1ccco1)[n+]1ccccc1. The van der Waals surface area contributed by atoms with E-state index in [1.807, 2.05) is 6.07 Å². The standard InChI is InChI=1S/C10H8NO2/c12-10(9-5-4-8-13-9)11-6-2-1-3-7-11/h1-8H/q+1. The van der Waals surface area contributed by atoms with Crippen LogP contribution in [0.1, 0.15) is 10.6 Å². The Hall–Kier alpha value is -1.90. The molecule has 0 unspecified atom stereocenters. The maximum absolute atomic E-state index is 11.6. The summed E-state index contributed by atoms with van der Waals surface area (Å²) in [5, 5.41) is 0. The molecular weight excluding hydrogens is 166 g/mol. The predicted octanol–water partition coefficient (Wildman–Crippen LogP) is 1.26. The van der Waals surface area contributed by atoms with Crippen LogP contribution in [0.25, 0.3) is 0 Å². The molecule has 0 aliphatic rings. The Labute approximate surface area is 75.2 Å². The molecule has 3 nitrogen and oxygen atoms in total. The number of aromatic nitrogens is 1. The monoisotopic (exact) mass is 174 g/mol. The summed E-state index contributed by atoms with van der Waals surface area (Å²) in [6.45, 7) is 0. The van der Waals surface area contributed by atoms with E-state index in [0.29, 0.717) is 5.76 Å². The first-order valence-electron chi connectivity index (χ1n) is 3.92. The molecule has 3 heteroatoms. The number of carbonyl (C=O) groups excluding carboxylic acids is 1. The average Bonchev–Trinajstić information content (AvgIpc) is 2.71. The van der Waals surface area contributed by atoms with Crippen LogP contribution in [0.15, 0.2) is 53.4 Å². The summed E-state index contributed by atoms with van der Waals surface area (Å²) >= 11 is 0. The summed E-state index contributed by atoms with van der Waals surface area (Å²) in [6.07, 6.45) is 4.85. The molecular formula is C10H8NO2+. The number of furan rings is 1. The van der Waals surface area contributed by atoms with Gasteiger partial charge >= 0.3 is 5.91 Å². The van der Waals surface area contributed by atoms with Gasteiger partial charge in [-0.05, 0) is 12.1 Å². The van der Waals surface area contributed by atoms with E-state index in [2.05, 4.69) is 0 Å². The first kappa shape index (κ1) is 7.73. The van der Waals surface area contributed by atoms with Gasteiger partial charge in [0.2, 0.25) is 5.76 Å². The molecule has 64 valence electrons. The molecule has 0 spiro atoms. The molecule has 0 fully saturated rings. The maximum Gasteiger partial charge on any atom is 0.460 e. The third kappa shape index (κ3) is 1.49. The average molecular weight is 174 g/mol. The number of carbonyl (C=O) groups is 1. The Morgan fingerprint density at radius 1 is 1.15 bits per heavy atom. The molecule has 2 heterocycles. The molecule has 0 atom stereocenters. The lowest BCUT2D eigenvalue weighted by Gasteiger charge is -1.88. The van der Waals surface area contributed by atoms with E-state index in [0.717, 1.165) is 0 Å². The summed E-state index contributed by atoms with van der Waals surface area (Å²) in [7, 11) is 0. The van der Waals surface area contributed by atoms with E-state index in [1.54, 1.807) is 36.7 Å². The van der Waals surface area contributed by atoms with Crippen molar-refractivity contribution in [3.05, 3.63) is 54.7 Å². The van der Waals surface area contributed by atoms with Crippen molar-refractivity contribution in [2.75, 3.05) is 0 Å². The van der Waals surface area contributed by atoms with Crippen molar-refractivity contribution in [2.24, 2.45) is 0 Å². The highest BCUT2D eigenvalue weighted by molar-refractivity contribution is 5.83. The van der Waals surface area contributed by atoms with Crippen molar-refractivity contribution in [3.8, 4) is 0 Å². The van der Waals surface area contributed by atoms with Crippen molar-refractivity contribution in [1.29, 1.82) is 0 Å². The second-order valence-electron chi connectivity index (χ2n) is 2.57. The fourth-order valence-electron chi connectivity index (χ4n) is 1.06. The van der Waals surface area contributed by atoms with Gasteiger partial charge in [-0.15, -0.1) is 4.57 Å². The molecule has 2 aromatic heterocycles. The van der Waals surface area contributed by atoms with E-state index in [-0.39, 0.29) is 5.91 Å². The minimum atomic E-state index is -0.161. The van der Waals surface area contributed by atoms with Crippen molar-refractivity contribution < 1.29 is 13.8 Å². The van der Waals surface area contributed by atoms with Gasteiger partial charge in [-0.25, -0.2) is 4.79 Å². The number of hydrogen-bond acceptors (Lipinski definition) is 2. The Bertz CT molecular complexity index is 392. The van der Waals surface area contributed by atoms with Crippen molar-refractivity contribution >= 4 is 5.91 Å². The van der Waals surface area contributed by atoms with Gasteiger partial charge in [0.15, 0.2) is 12.4 Å². The zero-order valence-electron chi connectivity index (χ0n) is 6.88. The van der Waals surface area contributed by atoms with Gasteiger partial charge in [-0.2, -0.15) is 0 Å². The lowest BCUT2D eigenvalue weighted by atomic mass is 10.4. The highest BCUT2D eigenvalue weighted by Gasteiger charge is 2.18. The maximum atomic E-state index is 11.6. The summed E-state index contributed by atoms with van der Waals surface area (Å²) in [4.78, 5) is 11.6. The number of hydrogen-bond donors (Lipinski definition) is 0. The summed E-state index contributed by atoms with van der Waals surface area (Å²) < 4.78 is 6.45. The molecule has 2 rings (SSSR count). The first-order chi connectivity index (χ1) is 6.38. The zero-order valence-corrected chi connectivity index (χ0v) is 6.88. The predicted molar refractivity (Wildman–Crippen MR) is 45.1 cm³/mol. The zero-order chi connectivity index (χ0) is 9.10. The van der Waals surface area contributed by atoms with Gasteiger partial charge in [0, 0.05) is 12.1 Å². The molecule has 2 aromatic rings. The number of rotatable bonds is 1. The Balaban J connectivity index is 2.34. The molecule has 0 aromatic carbocycles. The quantitative estimate of drug-likeness (QED) is 0.610. The van der Waals surface area contributed by atoms with Crippen LogP contribution in [0, 0.1) is 0 Å². The van der Waals surface area contributed by atoms with Crippen LogP contribution in [0.4, 0.5) is 0 Å². The van der Waals surface area contributed by atoms with Gasteiger partial charge in [-0.1, -0.05) is 6.07 Å². The van der Waals surface area contributed by atoms with E-state index >= 15 is 0 Å². The fraction of sp³-hybridized carbons (Fsp3) is 0. The molecule has 0 bridgehead atoms. The lowest BCUT2D eigenvalue weighted by molar-refractivity contribution is -0.571. The van der Waals surface area contributed by atoms with Crippen LogP contribution < -0.4 is 4.57 Å². The largest absolute Gasteiger partial charge is 0.460 e. The van der Waals surface area contributed by atoms with Crippen molar-refractivity contribution in [3.63, 3.8) is 0 Å². The van der Waals surface area contributed by atoms with Crippen LogP contribution in [-0.2, 0) is 0 Å². The first-order valence-corrected chi connectivity index (χ1v) is 3.92. The van der Waals surface area contributed by atoms with Crippen LogP contribution in [0.5, 0.6) is 0 Å². The highest BCUT2D eigenvalue weighted by atomic mass is 16.3. The number of nitrogens with zero attached hydrogens (tertiary/aromatic N) is 1. The highest BCUT2D eigenvalue weighted by Crippen LogP contribution is 1.98.